The van der Waals surface area contributed by atoms with Crippen molar-refractivity contribution in [2.45, 2.75) is 132 Å². The van der Waals surface area contributed by atoms with Crippen LogP contribution >= 0.6 is 11.8 Å². The fourth-order valence-corrected chi connectivity index (χ4v) is 11.6. The van der Waals surface area contributed by atoms with E-state index in [2.05, 4.69) is 67.3 Å². The van der Waals surface area contributed by atoms with Crippen molar-refractivity contribution in [1.29, 1.82) is 0 Å². The lowest BCUT2D eigenvalue weighted by molar-refractivity contribution is -0.142. The van der Waals surface area contributed by atoms with Crippen molar-refractivity contribution in [2.75, 3.05) is 18.6 Å². The van der Waals surface area contributed by atoms with Crippen LogP contribution in [0.1, 0.15) is 79.0 Å². The van der Waals surface area contributed by atoms with Crippen molar-refractivity contribution >= 4 is 133 Å². The Kier molecular flexibility index (Phi) is 31.6. The molecule has 4 aromatic carbocycles. The van der Waals surface area contributed by atoms with Crippen LogP contribution in [-0.2, 0) is 96.8 Å². The second kappa shape index (κ2) is 40.3. The molecule has 38 nitrogen and oxygen atoms in total. The summed E-state index contributed by atoms with van der Waals surface area (Å²) in [6.07, 6.45) is -2.72. The van der Waals surface area contributed by atoms with Crippen molar-refractivity contribution in [3.63, 3.8) is 0 Å². The first-order valence-electron chi connectivity index (χ1n) is 32.9. The number of rotatable bonds is 39. The normalized spacial score (nSPS) is 14.9. The quantitative estimate of drug-likeness (QED) is 0.0172. The number of fused-ring (bicyclic) bond motifs is 2. The first kappa shape index (κ1) is 84.6. The maximum atomic E-state index is 14.5. The molecule has 6 aromatic rings. The van der Waals surface area contributed by atoms with Gasteiger partial charge in [0.05, 0.1) is 31.0 Å². The van der Waals surface area contributed by atoms with Crippen LogP contribution in [0, 0.1) is 0 Å². The predicted molar refractivity (Wildman–Crippen MR) is 381 cm³/mol. The van der Waals surface area contributed by atoms with Gasteiger partial charge >= 0.3 is 28.3 Å². The molecule has 1 saturated heterocycles. The molecule has 0 bridgehead atoms. The molecular weight excluding hydrogens is 1460 g/mol. The van der Waals surface area contributed by atoms with Crippen molar-refractivity contribution in [3.8, 4) is 11.5 Å². The van der Waals surface area contributed by atoms with Crippen molar-refractivity contribution < 1.29 is 115 Å². The van der Waals surface area contributed by atoms with Gasteiger partial charge < -0.3 is 99.3 Å². The molecule has 1 aliphatic heterocycles. The molecular formula is C68H80N14O24S2. The van der Waals surface area contributed by atoms with Crippen LogP contribution in [0.2, 0.25) is 0 Å². The van der Waals surface area contributed by atoms with E-state index in [1.165, 1.54) is 23.9 Å². The molecule has 0 saturated carbocycles. The lowest BCUT2D eigenvalue weighted by atomic mass is 10.0. The first-order chi connectivity index (χ1) is 51.1. The molecule has 3 heterocycles. The number of thioether (sulfide) groups is 1. The van der Waals surface area contributed by atoms with Gasteiger partial charge in [-0.1, -0.05) is 72.8 Å². The molecule has 108 heavy (non-hydrogen) atoms. The number of hydrogen-bond acceptors (Lipinski definition) is 22. The smallest absolute Gasteiger partial charge is 0.446 e. The zero-order valence-electron chi connectivity index (χ0n) is 57.7. The van der Waals surface area contributed by atoms with Crippen LogP contribution in [-0.4, -0.2) is 216 Å². The van der Waals surface area contributed by atoms with Gasteiger partial charge in [-0.05, 0) is 85.2 Å². The van der Waals surface area contributed by atoms with E-state index < -0.39 is 204 Å². The Morgan fingerprint density at radius 1 is 0.620 bits per heavy atom. The Balaban J connectivity index is 0.00000116. The number of aromatic amines is 1. The minimum atomic E-state index is -5.02. The molecule has 0 spiro atoms. The largest absolute Gasteiger partial charge is 0.507 e. The molecule has 2 aromatic heterocycles. The van der Waals surface area contributed by atoms with Crippen LogP contribution in [0.3, 0.4) is 0 Å². The maximum Gasteiger partial charge on any atom is 0.446 e. The van der Waals surface area contributed by atoms with Crippen molar-refractivity contribution in [1.82, 2.24) is 63.1 Å². The van der Waals surface area contributed by atoms with Gasteiger partial charge in [-0.2, -0.15) is 20.2 Å². The number of carbonyl (C=O) groups is 15. The van der Waals surface area contributed by atoms with Gasteiger partial charge in [-0.3, -0.25) is 71.7 Å². The highest BCUT2D eigenvalue weighted by atomic mass is 32.3. The standard InChI is InChI=1S/C58H73N13O21S2.C10H7NO3/c1-29(72)49(71-57(87)40(23-31-12-14-33(15-13-31)92-94(89,90)91)68-56(86)43(26-48(78)79)69-52(82)37(16-18-44(59)73)65-51(81)36-17-19-45(74)63-36)58(88)62-28-46(75)64-41(24-32-27-61-35-11-7-6-10-34(32)35)54(84)66-38(20-21-93-2)53(83)70-42(25-47(76)77)55(85)67-39(50(60)80)22-30-8-4-3-5-9-30;12-9-5-8(10(13)14)11-7-4-2-1-3-6(7)9/h3-15,27,29,36-43,49,61,72H,16-26,28H2,1-2H3,(H2,59,73)(H2,60,80)(H,62,88)(H,63,74)(H,64,75)(H,65,81)(H,66,84)(H,67,85)(H,68,86)(H,69,82)(H,70,83)(H,71,87)(H,76,77)(H,78,79)(H,89,90,91);1-5H,(H,11,12)(H,13,14)/t29-,36+,37+,38+,39+,40+,41+,42+,43+,49+;/m1./s1. The molecule has 10 atom stereocenters. The average Bonchev–Trinajstić information content (AvgIpc) is 1.44. The number of nitrogens with one attached hydrogen (secondary N) is 11. The third-order valence-corrected chi connectivity index (χ3v) is 17.2. The number of aliphatic hydroxyl groups excluding tert-OH is 1. The SMILES string of the molecule is CSCC[C@H](NC(=O)[C@H](Cc1c[nH]c2ccccc12)NC(=O)CNC(=O)[C@@H](NC(=O)[C@H](Cc1ccc(OS(=O)(=O)O)cc1)NC(=O)[C@H](CC(=O)O)NC(=O)[C@H](CCC(N)=O)NC(=O)[C@@H]1CCC(=O)N1)[C@@H](C)O)C(=O)N[C@@H](CC(=O)O)C(=O)N[C@@H](Cc1ccccc1)C(N)=O.O=C(O)c1cc(O)c2ccccc2n1. The second-order valence-electron chi connectivity index (χ2n) is 24.4. The number of aromatic hydroxyl groups is 1. The minimum Gasteiger partial charge on any atom is -0.507 e. The van der Waals surface area contributed by atoms with E-state index >= 15 is 0 Å². The molecule has 40 heteroatoms. The molecule has 1 aliphatic rings. The topological polar surface area (TPSA) is 622 Å². The van der Waals surface area contributed by atoms with Crippen LogP contribution in [0.15, 0.2) is 115 Å². The van der Waals surface area contributed by atoms with Gasteiger partial charge in [-0.15, -0.1) is 0 Å². The minimum absolute atomic E-state index is 0.0226. The summed E-state index contributed by atoms with van der Waals surface area (Å²) in [5.41, 5.74) is 13.0. The van der Waals surface area contributed by atoms with Gasteiger partial charge in [0.1, 0.15) is 65.9 Å². The number of aromatic carboxylic acids is 1. The van der Waals surface area contributed by atoms with Crippen LogP contribution in [0.25, 0.3) is 21.8 Å². The molecule has 0 unspecified atom stereocenters. The number of amides is 12. The number of carboxylic acids is 3. The van der Waals surface area contributed by atoms with Gasteiger partial charge in [0.2, 0.25) is 70.9 Å². The second-order valence-corrected chi connectivity index (χ2v) is 26.4. The van der Waals surface area contributed by atoms with E-state index in [-0.39, 0.29) is 54.9 Å². The summed E-state index contributed by atoms with van der Waals surface area (Å²) in [5, 5.41) is 73.3. The van der Waals surface area contributed by atoms with Crippen LogP contribution in [0.4, 0.5) is 0 Å². The summed E-state index contributed by atoms with van der Waals surface area (Å²) in [6, 6.07) is 12.8. The van der Waals surface area contributed by atoms with E-state index in [4.69, 9.17) is 21.1 Å². The van der Waals surface area contributed by atoms with Gasteiger partial charge in [-0.25, -0.2) is 9.78 Å². The number of primary amides is 2. The van der Waals surface area contributed by atoms with E-state index in [9.17, 15) is 101 Å². The molecule has 7 rings (SSSR count). The number of carbonyl (C=O) groups excluding carboxylic acids is 12. The number of aliphatic carboxylic acids is 2. The summed E-state index contributed by atoms with van der Waals surface area (Å²) in [7, 11) is -5.02. The summed E-state index contributed by atoms with van der Waals surface area (Å²) in [6.45, 7) is 0.0728. The summed E-state index contributed by atoms with van der Waals surface area (Å²) < 4.78 is 36.4. The van der Waals surface area contributed by atoms with Crippen molar-refractivity contribution in [3.05, 3.63) is 138 Å². The Morgan fingerprint density at radius 3 is 1.70 bits per heavy atom. The lowest BCUT2D eigenvalue weighted by Crippen LogP contribution is -2.61. The Labute approximate surface area is 618 Å². The molecule has 1 fully saturated rings. The van der Waals surface area contributed by atoms with Crippen LogP contribution in [0.5, 0.6) is 11.5 Å². The molecule has 0 aliphatic carbocycles. The zero-order chi connectivity index (χ0) is 79.5. The lowest BCUT2D eigenvalue weighted by Gasteiger charge is -2.27. The third-order valence-electron chi connectivity index (χ3n) is 16.2. The predicted octanol–water partition coefficient (Wildman–Crippen LogP) is -2.88. The molecule has 21 N–H and O–H groups in total. The fraction of sp³-hybridized carbons (Fsp3) is 0.353. The Morgan fingerprint density at radius 2 is 1.14 bits per heavy atom. The number of pyridine rings is 1. The number of aliphatic hydroxyl groups is 1. The number of carboxylic acid groups (broad SMARTS) is 3. The Bertz CT molecular complexity index is 4430. The van der Waals surface area contributed by atoms with Gasteiger partial charge in [0.15, 0.2) is 5.69 Å². The number of H-pyrrole nitrogens is 1. The highest BCUT2D eigenvalue weighted by Crippen LogP contribution is 2.24. The highest BCUT2D eigenvalue weighted by molar-refractivity contribution is 7.98. The number of nitrogens with two attached hydrogens (primary N) is 2. The molecule has 578 valence electrons. The van der Waals surface area contributed by atoms with Gasteiger partial charge in [0.25, 0.3) is 0 Å². The first-order valence-corrected chi connectivity index (χ1v) is 35.7. The number of hydrogen-bond donors (Lipinski definition) is 19. The molecule has 0 radical (unpaired) electrons. The average molecular weight is 1540 g/mol. The van der Waals surface area contributed by atoms with E-state index in [0.29, 0.717) is 32.9 Å². The Hall–Kier alpha value is -12.3. The number of para-hydroxylation sites is 2. The van der Waals surface area contributed by atoms with Gasteiger partial charge in [0, 0.05) is 60.7 Å². The van der Waals surface area contributed by atoms with E-state index in [1.54, 1.807) is 91.3 Å². The highest BCUT2D eigenvalue weighted by Gasteiger charge is 2.38. The van der Waals surface area contributed by atoms with Crippen molar-refractivity contribution in [2.24, 2.45) is 11.5 Å². The third kappa shape index (κ3) is 27.0. The molecule has 12 amide bonds. The monoisotopic (exact) mass is 1540 g/mol. The van der Waals surface area contributed by atoms with E-state index in [0.717, 1.165) is 25.1 Å². The summed E-state index contributed by atoms with van der Waals surface area (Å²) in [4.78, 5) is 203. The summed E-state index contributed by atoms with van der Waals surface area (Å²) in [5.74, 6) is -17.1. The summed E-state index contributed by atoms with van der Waals surface area (Å²) >= 11 is 1.26. The zero-order valence-corrected chi connectivity index (χ0v) is 59.3. The van der Waals surface area contributed by atoms with E-state index in [1.807, 2.05) is 0 Å². The number of benzene rings is 4. The van der Waals surface area contributed by atoms with Crippen LogP contribution < -0.4 is 68.8 Å². The number of aromatic nitrogens is 2. The maximum absolute atomic E-state index is 14.5. The fourth-order valence-electron chi connectivity index (χ4n) is 10.8. The number of nitrogens with zero attached hydrogens (tertiary/aromatic N) is 1.